The van der Waals surface area contributed by atoms with Crippen molar-refractivity contribution in [2.75, 3.05) is 20.8 Å². The average molecular weight is 269 g/mol. The molecule has 20 heavy (non-hydrogen) atoms. The Morgan fingerprint density at radius 1 is 1.00 bits per heavy atom. The highest BCUT2D eigenvalue weighted by atomic mass is 16.5. The Kier molecular flexibility index (Phi) is 3.61. The molecule has 1 atom stereocenters. The summed E-state index contributed by atoms with van der Waals surface area (Å²) in [5, 5.41) is 3.48. The molecule has 0 aliphatic carbocycles. The zero-order chi connectivity index (χ0) is 13.9. The normalized spacial score (nSPS) is 17.4. The van der Waals surface area contributed by atoms with Crippen LogP contribution in [-0.2, 0) is 6.54 Å². The fourth-order valence-electron chi connectivity index (χ4n) is 2.86. The summed E-state index contributed by atoms with van der Waals surface area (Å²) in [5.74, 6) is 1.95. The summed E-state index contributed by atoms with van der Waals surface area (Å²) in [6.07, 6.45) is 0. The van der Waals surface area contributed by atoms with Gasteiger partial charge >= 0.3 is 0 Å². The number of hydrogen-bond acceptors (Lipinski definition) is 3. The first-order chi connectivity index (χ1) is 9.83. The zero-order valence-corrected chi connectivity index (χ0v) is 11.8. The lowest BCUT2D eigenvalue weighted by atomic mass is 9.85. The minimum atomic E-state index is 0.361. The van der Waals surface area contributed by atoms with Gasteiger partial charge in [-0.1, -0.05) is 30.3 Å². The molecule has 0 bridgehead atoms. The van der Waals surface area contributed by atoms with Crippen molar-refractivity contribution < 1.29 is 9.47 Å². The number of fused-ring (bicyclic) bond motifs is 1. The van der Waals surface area contributed by atoms with Crippen LogP contribution in [0.2, 0.25) is 0 Å². The largest absolute Gasteiger partial charge is 0.493 e. The fourth-order valence-corrected chi connectivity index (χ4v) is 2.86. The van der Waals surface area contributed by atoms with E-state index in [1.165, 1.54) is 16.7 Å². The van der Waals surface area contributed by atoms with E-state index in [0.29, 0.717) is 5.92 Å². The third-order valence-corrected chi connectivity index (χ3v) is 3.89. The summed E-state index contributed by atoms with van der Waals surface area (Å²) >= 11 is 0. The molecule has 3 rings (SSSR count). The van der Waals surface area contributed by atoms with E-state index in [4.69, 9.17) is 9.47 Å². The molecule has 1 N–H and O–H groups in total. The highest BCUT2D eigenvalue weighted by molar-refractivity contribution is 5.51. The molecule has 1 heterocycles. The molecular formula is C17H19NO2. The van der Waals surface area contributed by atoms with Gasteiger partial charge in [-0.15, -0.1) is 0 Å². The maximum Gasteiger partial charge on any atom is 0.161 e. The van der Waals surface area contributed by atoms with E-state index in [-0.39, 0.29) is 0 Å². The van der Waals surface area contributed by atoms with E-state index in [1.54, 1.807) is 14.2 Å². The maximum absolute atomic E-state index is 5.44. The van der Waals surface area contributed by atoms with Crippen LogP contribution in [0.4, 0.5) is 0 Å². The van der Waals surface area contributed by atoms with Crippen LogP contribution in [-0.4, -0.2) is 20.8 Å². The molecule has 0 spiro atoms. The number of methoxy groups -OCH3 is 2. The summed E-state index contributed by atoms with van der Waals surface area (Å²) < 4.78 is 10.8. The van der Waals surface area contributed by atoms with Gasteiger partial charge in [0.2, 0.25) is 0 Å². The minimum absolute atomic E-state index is 0.361. The topological polar surface area (TPSA) is 30.5 Å². The second kappa shape index (κ2) is 5.55. The van der Waals surface area contributed by atoms with Crippen molar-refractivity contribution in [1.29, 1.82) is 0 Å². The van der Waals surface area contributed by atoms with Crippen molar-refractivity contribution in [3.05, 3.63) is 59.2 Å². The molecule has 0 aromatic heterocycles. The Bertz CT molecular complexity index is 595. The van der Waals surface area contributed by atoms with Crippen molar-refractivity contribution >= 4 is 0 Å². The van der Waals surface area contributed by atoms with Crippen LogP contribution in [0.5, 0.6) is 11.5 Å². The highest BCUT2D eigenvalue weighted by Gasteiger charge is 2.23. The lowest BCUT2D eigenvalue weighted by molar-refractivity contribution is 0.353. The molecule has 0 fully saturated rings. The predicted molar refractivity (Wildman–Crippen MR) is 79.5 cm³/mol. The van der Waals surface area contributed by atoms with E-state index in [1.807, 2.05) is 0 Å². The van der Waals surface area contributed by atoms with Gasteiger partial charge in [0, 0.05) is 19.0 Å². The van der Waals surface area contributed by atoms with E-state index in [0.717, 1.165) is 24.6 Å². The van der Waals surface area contributed by atoms with Crippen LogP contribution in [0.15, 0.2) is 42.5 Å². The van der Waals surface area contributed by atoms with E-state index in [2.05, 4.69) is 47.8 Å². The molecule has 2 aromatic carbocycles. The monoisotopic (exact) mass is 269 g/mol. The molecule has 1 aliphatic heterocycles. The molecular weight excluding hydrogens is 250 g/mol. The molecule has 0 saturated heterocycles. The smallest absolute Gasteiger partial charge is 0.161 e. The number of hydrogen-bond donors (Lipinski definition) is 1. The summed E-state index contributed by atoms with van der Waals surface area (Å²) in [6.45, 7) is 1.82. The van der Waals surface area contributed by atoms with Gasteiger partial charge in [-0.05, 0) is 28.8 Å². The van der Waals surface area contributed by atoms with Gasteiger partial charge in [0.25, 0.3) is 0 Å². The summed E-state index contributed by atoms with van der Waals surface area (Å²) in [7, 11) is 3.36. The number of benzene rings is 2. The summed E-state index contributed by atoms with van der Waals surface area (Å²) in [6, 6.07) is 14.8. The predicted octanol–water partition coefficient (Wildman–Crippen LogP) is 2.94. The van der Waals surface area contributed by atoms with Crippen LogP contribution >= 0.6 is 0 Å². The van der Waals surface area contributed by atoms with Crippen LogP contribution in [0, 0.1) is 0 Å². The van der Waals surface area contributed by atoms with Gasteiger partial charge in [0.15, 0.2) is 11.5 Å². The standard InChI is InChI=1S/C17H19NO2/c1-19-16-8-13-10-18-11-15(12-6-4-3-5-7-12)14(13)9-17(16)20-2/h3-9,15,18H,10-11H2,1-2H3/t15-/m0/s1. The van der Waals surface area contributed by atoms with E-state index >= 15 is 0 Å². The van der Waals surface area contributed by atoms with Crippen molar-refractivity contribution in [1.82, 2.24) is 5.32 Å². The van der Waals surface area contributed by atoms with Gasteiger partial charge < -0.3 is 14.8 Å². The molecule has 0 unspecified atom stereocenters. The fraction of sp³-hybridized carbons (Fsp3) is 0.294. The third kappa shape index (κ3) is 2.25. The average Bonchev–Trinajstić information content (AvgIpc) is 2.53. The van der Waals surface area contributed by atoms with E-state index < -0.39 is 0 Å². The highest BCUT2D eigenvalue weighted by Crippen LogP contribution is 2.37. The lowest BCUT2D eigenvalue weighted by Crippen LogP contribution is -2.28. The SMILES string of the molecule is COc1cc2c(cc1OC)[C@H](c1ccccc1)CNC2. The zero-order valence-electron chi connectivity index (χ0n) is 11.8. The Hall–Kier alpha value is -2.00. The summed E-state index contributed by atoms with van der Waals surface area (Å²) in [4.78, 5) is 0. The van der Waals surface area contributed by atoms with Crippen molar-refractivity contribution in [2.24, 2.45) is 0 Å². The quantitative estimate of drug-likeness (QED) is 0.929. The maximum atomic E-state index is 5.44. The second-order valence-electron chi connectivity index (χ2n) is 5.00. The Morgan fingerprint density at radius 3 is 2.40 bits per heavy atom. The molecule has 104 valence electrons. The van der Waals surface area contributed by atoms with Gasteiger partial charge in [0.05, 0.1) is 14.2 Å². The third-order valence-electron chi connectivity index (χ3n) is 3.89. The van der Waals surface area contributed by atoms with Crippen molar-refractivity contribution in [3.8, 4) is 11.5 Å². The van der Waals surface area contributed by atoms with Crippen LogP contribution < -0.4 is 14.8 Å². The second-order valence-corrected chi connectivity index (χ2v) is 5.00. The first-order valence-electron chi connectivity index (χ1n) is 6.84. The number of rotatable bonds is 3. The van der Waals surface area contributed by atoms with Crippen LogP contribution in [0.1, 0.15) is 22.6 Å². The molecule has 0 radical (unpaired) electrons. The van der Waals surface area contributed by atoms with E-state index in [9.17, 15) is 0 Å². The Balaban J connectivity index is 2.08. The first kappa shape index (κ1) is 13.0. The Labute approximate surface area is 119 Å². The molecule has 2 aromatic rings. The molecule has 0 amide bonds. The number of ether oxygens (including phenoxy) is 2. The number of nitrogens with one attached hydrogen (secondary N) is 1. The van der Waals surface area contributed by atoms with Crippen molar-refractivity contribution in [3.63, 3.8) is 0 Å². The van der Waals surface area contributed by atoms with Gasteiger partial charge in [-0.25, -0.2) is 0 Å². The molecule has 3 nitrogen and oxygen atoms in total. The minimum Gasteiger partial charge on any atom is -0.493 e. The molecule has 1 aliphatic rings. The van der Waals surface area contributed by atoms with Crippen LogP contribution in [0.25, 0.3) is 0 Å². The summed E-state index contributed by atoms with van der Waals surface area (Å²) in [5.41, 5.74) is 3.93. The molecule has 3 heteroatoms. The first-order valence-corrected chi connectivity index (χ1v) is 6.84. The van der Waals surface area contributed by atoms with Gasteiger partial charge in [0.1, 0.15) is 0 Å². The van der Waals surface area contributed by atoms with Gasteiger partial charge in [-0.3, -0.25) is 0 Å². The Morgan fingerprint density at radius 2 is 1.70 bits per heavy atom. The van der Waals surface area contributed by atoms with Crippen molar-refractivity contribution in [2.45, 2.75) is 12.5 Å². The molecule has 0 saturated carbocycles. The van der Waals surface area contributed by atoms with Crippen LogP contribution in [0.3, 0.4) is 0 Å². The lowest BCUT2D eigenvalue weighted by Gasteiger charge is -2.28. The van der Waals surface area contributed by atoms with Gasteiger partial charge in [-0.2, -0.15) is 0 Å².